The van der Waals surface area contributed by atoms with Crippen molar-refractivity contribution in [3.05, 3.63) is 12.2 Å². The third kappa shape index (κ3) is 1.75. The van der Waals surface area contributed by atoms with Gasteiger partial charge in [0.25, 0.3) is 0 Å². The summed E-state index contributed by atoms with van der Waals surface area (Å²) < 4.78 is 6.21. The molecule has 0 aromatic carbocycles. The van der Waals surface area contributed by atoms with Gasteiger partial charge < -0.3 is 4.74 Å². The standard InChI is InChI=1S/C20H28O3/c1-11-5-6-16(22)19(3)14(11)10-17-20(4)13(7-8-23-17)12(2)9-15(21)18(19)20/h5-6,11-14,17-18H,7-10H2,1-4H3/t11-,12+,13+,14+,17-,18-,19-,20-/m1/s1. The molecule has 0 N–H and O–H groups in total. The molecule has 4 aliphatic rings. The van der Waals surface area contributed by atoms with Crippen molar-refractivity contribution in [2.24, 2.45) is 40.4 Å². The van der Waals surface area contributed by atoms with E-state index in [1.165, 1.54) is 0 Å². The predicted octanol–water partition coefficient (Wildman–Crippen LogP) is 3.42. The fourth-order valence-electron chi connectivity index (χ4n) is 6.92. The van der Waals surface area contributed by atoms with Crippen LogP contribution >= 0.6 is 0 Å². The summed E-state index contributed by atoms with van der Waals surface area (Å²) in [5, 5.41) is 0. The molecule has 1 heterocycles. The van der Waals surface area contributed by atoms with Crippen LogP contribution in [-0.4, -0.2) is 24.3 Å². The largest absolute Gasteiger partial charge is 0.378 e. The number of rotatable bonds is 0. The number of carbonyl (C=O) groups excluding carboxylic acids is 2. The van der Waals surface area contributed by atoms with E-state index in [1.807, 2.05) is 6.08 Å². The Labute approximate surface area is 138 Å². The molecule has 3 heteroatoms. The zero-order valence-electron chi connectivity index (χ0n) is 14.7. The second-order valence-corrected chi connectivity index (χ2v) is 8.91. The Balaban J connectivity index is 1.90. The average molecular weight is 316 g/mol. The Morgan fingerprint density at radius 3 is 2.65 bits per heavy atom. The molecule has 1 aliphatic heterocycles. The molecule has 0 aromatic rings. The van der Waals surface area contributed by atoms with Crippen molar-refractivity contribution in [2.45, 2.75) is 53.1 Å². The number of hydrogen-bond acceptors (Lipinski definition) is 3. The Bertz CT molecular complexity index is 594. The van der Waals surface area contributed by atoms with Crippen LogP contribution in [0.2, 0.25) is 0 Å². The summed E-state index contributed by atoms with van der Waals surface area (Å²) >= 11 is 0. The van der Waals surface area contributed by atoms with Crippen molar-refractivity contribution < 1.29 is 14.3 Å². The van der Waals surface area contributed by atoms with Crippen molar-refractivity contribution in [3.8, 4) is 0 Å². The summed E-state index contributed by atoms with van der Waals surface area (Å²) in [7, 11) is 0. The Morgan fingerprint density at radius 1 is 1.17 bits per heavy atom. The fourth-order valence-corrected chi connectivity index (χ4v) is 6.92. The number of carbonyl (C=O) groups is 2. The number of Topliss-reactive ketones (excluding diaryl/α,β-unsaturated/α-hetero) is 1. The molecular weight excluding hydrogens is 288 g/mol. The lowest BCUT2D eigenvalue weighted by Crippen LogP contribution is -2.69. The summed E-state index contributed by atoms with van der Waals surface area (Å²) in [5.74, 6) is 1.74. The quantitative estimate of drug-likeness (QED) is 0.688. The molecule has 3 fully saturated rings. The van der Waals surface area contributed by atoms with E-state index >= 15 is 0 Å². The fraction of sp³-hybridized carbons (Fsp3) is 0.800. The summed E-state index contributed by atoms with van der Waals surface area (Å²) in [6.07, 6.45) is 6.47. The van der Waals surface area contributed by atoms with Crippen molar-refractivity contribution >= 4 is 11.6 Å². The van der Waals surface area contributed by atoms with Gasteiger partial charge in [-0.05, 0) is 42.6 Å². The topological polar surface area (TPSA) is 43.4 Å². The van der Waals surface area contributed by atoms with E-state index in [9.17, 15) is 9.59 Å². The van der Waals surface area contributed by atoms with Gasteiger partial charge in [-0.3, -0.25) is 9.59 Å². The highest BCUT2D eigenvalue weighted by Gasteiger charge is 2.69. The van der Waals surface area contributed by atoms with Gasteiger partial charge in [0.1, 0.15) is 5.78 Å². The SMILES string of the molecule is C[C@@H]1C=CC(=O)[C@]2(C)[C@H]3C(=O)C[C@H](C)[C@@H]4CCO[C@H](C[C@@H]12)[C@]34C. The first kappa shape index (κ1) is 15.6. The van der Waals surface area contributed by atoms with E-state index in [4.69, 9.17) is 4.74 Å². The third-order valence-corrected chi connectivity index (χ3v) is 7.95. The van der Waals surface area contributed by atoms with Crippen molar-refractivity contribution in [2.75, 3.05) is 6.61 Å². The molecule has 3 aliphatic carbocycles. The number of hydrogen-bond donors (Lipinski definition) is 0. The zero-order chi connectivity index (χ0) is 16.6. The smallest absolute Gasteiger partial charge is 0.162 e. The normalized spacial score (nSPS) is 55.3. The van der Waals surface area contributed by atoms with Crippen molar-refractivity contribution in [1.29, 1.82) is 0 Å². The Morgan fingerprint density at radius 2 is 1.91 bits per heavy atom. The summed E-state index contributed by atoms with van der Waals surface area (Å²) in [6.45, 7) is 9.53. The third-order valence-electron chi connectivity index (χ3n) is 7.95. The second kappa shape index (κ2) is 4.78. The first-order valence-electron chi connectivity index (χ1n) is 9.18. The molecule has 3 nitrogen and oxygen atoms in total. The van der Waals surface area contributed by atoms with Gasteiger partial charge in [0.2, 0.25) is 0 Å². The molecule has 0 spiro atoms. The van der Waals surface area contributed by atoms with E-state index in [0.29, 0.717) is 30.0 Å². The van der Waals surface area contributed by atoms with Crippen LogP contribution in [0.3, 0.4) is 0 Å². The molecular formula is C20H28O3. The zero-order valence-corrected chi connectivity index (χ0v) is 14.7. The first-order valence-corrected chi connectivity index (χ1v) is 9.18. The molecule has 126 valence electrons. The highest BCUT2D eigenvalue weighted by atomic mass is 16.5. The van der Waals surface area contributed by atoms with E-state index in [-0.39, 0.29) is 29.1 Å². The van der Waals surface area contributed by atoms with Gasteiger partial charge in [-0.25, -0.2) is 0 Å². The van der Waals surface area contributed by atoms with Crippen LogP contribution in [0.25, 0.3) is 0 Å². The summed E-state index contributed by atoms with van der Waals surface area (Å²) in [5.41, 5.74) is -0.728. The lowest BCUT2D eigenvalue weighted by Gasteiger charge is -2.65. The average Bonchev–Trinajstić information content (AvgIpc) is 2.48. The van der Waals surface area contributed by atoms with Gasteiger partial charge in [0, 0.05) is 29.8 Å². The van der Waals surface area contributed by atoms with E-state index < -0.39 is 5.41 Å². The van der Waals surface area contributed by atoms with Gasteiger partial charge in [-0.2, -0.15) is 0 Å². The van der Waals surface area contributed by atoms with Gasteiger partial charge >= 0.3 is 0 Å². The first-order chi connectivity index (χ1) is 10.8. The lowest BCUT2D eigenvalue weighted by molar-refractivity contribution is -0.231. The van der Waals surface area contributed by atoms with Gasteiger partial charge in [-0.1, -0.05) is 33.8 Å². The molecule has 1 saturated heterocycles. The second-order valence-electron chi connectivity index (χ2n) is 8.91. The highest BCUT2D eigenvalue weighted by Crippen LogP contribution is 2.66. The number of allylic oxidation sites excluding steroid dienone is 2. The maximum absolute atomic E-state index is 13.2. The lowest BCUT2D eigenvalue weighted by atomic mass is 9.39. The minimum absolute atomic E-state index is 0.123. The Kier molecular flexibility index (Phi) is 3.23. The van der Waals surface area contributed by atoms with Crippen LogP contribution in [0, 0.1) is 40.4 Å². The monoisotopic (exact) mass is 316 g/mol. The van der Waals surface area contributed by atoms with Crippen molar-refractivity contribution in [3.63, 3.8) is 0 Å². The predicted molar refractivity (Wildman–Crippen MR) is 87.8 cm³/mol. The van der Waals surface area contributed by atoms with E-state index in [2.05, 4.69) is 27.7 Å². The maximum atomic E-state index is 13.2. The minimum atomic E-state index is -0.546. The number of ketones is 2. The summed E-state index contributed by atoms with van der Waals surface area (Å²) in [6, 6.07) is 0. The number of ether oxygens (including phenoxy) is 1. The van der Waals surface area contributed by atoms with Crippen LogP contribution in [-0.2, 0) is 14.3 Å². The van der Waals surface area contributed by atoms with Gasteiger partial charge in [0.05, 0.1) is 6.10 Å². The van der Waals surface area contributed by atoms with Crippen LogP contribution in [0.15, 0.2) is 12.2 Å². The summed E-state index contributed by atoms with van der Waals surface area (Å²) in [4.78, 5) is 26.1. The molecule has 0 radical (unpaired) electrons. The van der Waals surface area contributed by atoms with Crippen LogP contribution in [0.5, 0.6) is 0 Å². The molecule has 0 aromatic heterocycles. The highest BCUT2D eigenvalue weighted by molar-refractivity contribution is 6.01. The molecule has 0 amide bonds. The van der Waals surface area contributed by atoms with Crippen LogP contribution < -0.4 is 0 Å². The minimum Gasteiger partial charge on any atom is -0.378 e. The van der Waals surface area contributed by atoms with E-state index in [0.717, 1.165) is 19.4 Å². The van der Waals surface area contributed by atoms with Crippen molar-refractivity contribution in [1.82, 2.24) is 0 Å². The molecule has 0 bridgehead atoms. The Hall–Kier alpha value is -0.960. The van der Waals surface area contributed by atoms with E-state index in [1.54, 1.807) is 6.08 Å². The maximum Gasteiger partial charge on any atom is 0.162 e. The molecule has 2 saturated carbocycles. The molecule has 0 unspecified atom stereocenters. The molecule has 23 heavy (non-hydrogen) atoms. The van der Waals surface area contributed by atoms with Gasteiger partial charge in [0.15, 0.2) is 5.78 Å². The molecule has 4 rings (SSSR count). The van der Waals surface area contributed by atoms with Crippen LogP contribution in [0.1, 0.15) is 47.0 Å². The van der Waals surface area contributed by atoms with Gasteiger partial charge in [-0.15, -0.1) is 0 Å². The molecule has 8 atom stereocenters. The van der Waals surface area contributed by atoms with Crippen LogP contribution in [0.4, 0.5) is 0 Å². The number of fused-ring (bicyclic) bond motifs is 2.